The second kappa shape index (κ2) is 5.81. The summed E-state index contributed by atoms with van der Waals surface area (Å²) in [5.41, 5.74) is 2.82. The molecule has 0 amide bonds. The number of halogens is 1. The van der Waals surface area contributed by atoms with Gasteiger partial charge in [0.15, 0.2) is 0 Å². The Morgan fingerprint density at radius 3 is 2.84 bits per heavy atom. The highest BCUT2D eigenvalue weighted by Crippen LogP contribution is 2.19. The molecule has 0 atom stereocenters. The molecule has 1 heterocycles. The van der Waals surface area contributed by atoms with Crippen LogP contribution in [-0.2, 0) is 6.54 Å². The Balaban J connectivity index is 2.23. The summed E-state index contributed by atoms with van der Waals surface area (Å²) in [4.78, 5) is 10.1. The molecule has 0 aliphatic carbocycles. The molecule has 0 spiro atoms. The molecule has 1 aromatic carbocycles. The van der Waals surface area contributed by atoms with E-state index in [2.05, 4.69) is 45.0 Å². The molecular formula is C14H13BrN4. The number of rotatable bonds is 3. The molecule has 0 bridgehead atoms. The van der Waals surface area contributed by atoms with Crippen LogP contribution >= 0.6 is 15.9 Å². The van der Waals surface area contributed by atoms with Crippen LogP contribution in [-0.4, -0.2) is 17.0 Å². The highest BCUT2D eigenvalue weighted by Gasteiger charge is 2.07. The van der Waals surface area contributed by atoms with Crippen LogP contribution in [0.2, 0.25) is 0 Å². The van der Waals surface area contributed by atoms with Gasteiger partial charge < -0.3 is 4.90 Å². The summed E-state index contributed by atoms with van der Waals surface area (Å²) in [7, 11) is 1.95. The molecule has 0 saturated heterocycles. The average molecular weight is 317 g/mol. The van der Waals surface area contributed by atoms with Crippen molar-refractivity contribution < 1.29 is 0 Å². The molecule has 2 rings (SSSR count). The van der Waals surface area contributed by atoms with Crippen molar-refractivity contribution in [1.82, 2.24) is 9.97 Å². The smallest absolute Gasteiger partial charge is 0.145 e. The summed E-state index contributed by atoms with van der Waals surface area (Å²) in [6.45, 7) is 2.81. The minimum absolute atomic E-state index is 0.378. The second-order valence-corrected chi connectivity index (χ2v) is 5.22. The van der Waals surface area contributed by atoms with E-state index >= 15 is 0 Å². The maximum absolute atomic E-state index is 8.85. The molecule has 0 fully saturated rings. The van der Waals surface area contributed by atoms with Crippen molar-refractivity contribution in [1.29, 1.82) is 5.26 Å². The standard InChI is InChI=1S/C14H13BrN4/c1-10-3-4-12(15)5-11(10)8-19(2)14-6-13(7-16)17-9-18-14/h3-6,9H,8H2,1-2H3. The number of aromatic nitrogens is 2. The first-order chi connectivity index (χ1) is 9.10. The zero-order valence-corrected chi connectivity index (χ0v) is 12.3. The summed E-state index contributed by atoms with van der Waals surface area (Å²) in [5, 5.41) is 8.85. The van der Waals surface area contributed by atoms with Gasteiger partial charge in [0, 0.05) is 24.1 Å². The Kier molecular flexibility index (Phi) is 4.13. The highest BCUT2D eigenvalue weighted by atomic mass is 79.9. The molecule has 0 aliphatic heterocycles. The van der Waals surface area contributed by atoms with Gasteiger partial charge >= 0.3 is 0 Å². The SMILES string of the molecule is Cc1ccc(Br)cc1CN(C)c1cc(C#N)ncn1. The van der Waals surface area contributed by atoms with Crippen LogP contribution in [0.15, 0.2) is 35.1 Å². The van der Waals surface area contributed by atoms with Crippen molar-refractivity contribution in [3.8, 4) is 6.07 Å². The summed E-state index contributed by atoms with van der Waals surface area (Å²) in [6, 6.07) is 9.91. The van der Waals surface area contributed by atoms with Crippen LogP contribution in [0.5, 0.6) is 0 Å². The van der Waals surface area contributed by atoms with Crippen molar-refractivity contribution in [3.63, 3.8) is 0 Å². The van der Waals surface area contributed by atoms with E-state index in [1.165, 1.54) is 17.5 Å². The third-order valence-electron chi connectivity index (χ3n) is 2.88. The Hall–Kier alpha value is -1.93. The van der Waals surface area contributed by atoms with Gasteiger partial charge in [-0.15, -0.1) is 0 Å². The Morgan fingerprint density at radius 1 is 1.32 bits per heavy atom. The lowest BCUT2D eigenvalue weighted by atomic mass is 10.1. The van der Waals surface area contributed by atoms with E-state index in [0.29, 0.717) is 5.69 Å². The van der Waals surface area contributed by atoms with E-state index < -0.39 is 0 Å². The number of nitriles is 1. The maximum Gasteiger partial charge on any atom is 0.145 e. The number of nitrogens with zero attached hydrogens (tertiary/aromatic N) is 4. The topological polar surface area (TPSA) is 52.8 Å². The van der Waals surface area contributed by atoms with Crippen molar-refractivity contribution in [3.05, 3.63) is 51.9 Å². The average Bonchev–Trinajstić information content (AvgIpc) is 2.43. The molecule has 0 N–H and O–H groups in total. The van der Waals surface area contributed by atoms with Crippen molar-refractivity contribution in [2.45, 2.75) is 13.5 Å². The maximum atomic E-state index is 8.85. The Bertz CT molecular complexity index is 634. The van der Waals surface area contributed by atoms with Gasteiger partial charge in [0.2, 0.25) is 0 Å². The molecule has 0 radical (unpaired) electrons. The number of aryl methyl sites for hydroxylation is 1. The van der Waals surface area contributed by atoms with Crippen LogP contribution in [0.1, 0.15) is 16.8 Å². The quantitative estimate of drug-likeness (QED) is 0.873. The summed E-state index contributed by atoms with van der Waals surface area (Å²) >= 11 is 3.48. The van der Waals surface area contributed by atoms with Crippen LogP contribution in [0.4, 0.5) is 5.82 Å². The molecular weight excluding hydrogens is 304 g/mol. The van der Waals surface area contributed by atoms with E-state index in [9.17, 15) is 0 Å². The fraction of sp³-hybridized carbons (Fsp3) is 0.214. The van der Waals surface area contributed by atoms with E-state index in [1.807, 2.05) is 24.1 Å². The zero-order valence-electron chi connectivity index (χ0n) is 10.8. The lowest BCUT2D eigenvalue weighted by molar-refractivity contribution is 0.882. The van der Waals surface area contributed by atoms with Gasteiger partial charge in [-0.2, -0.15) is 5.26 Å². The normalized spacial score (nSPS) is 10.0. The molecule has 5 heteroatoms. The molecule has 1 aromatic heterocycles. The fourth-order valence-electron chi connectivity index (χ4n) is 1.76. The van der Waals surface area contributed by atoms with E-state index in [0.717, 1.165) is 16.8 Å². The lowest BCUT2D eigenvalue weighted by Crippen LogP contribution is -2.18. The summed E-state index contributed by atoms with van der Waals surface area (Å²) in [5.74, 6) is 0.742. The predicted octanol–water partition coefficient (Wildman–Crippen LogP) is 3.06. The molecule has 0 aliphatic rings. The predicted molar refractivity (Wildman–Crippen MR) is 77.7 cm³/mol. The lowest BCUT2D eigenvalue weighted by Gasteiger charge is -2.19. The minimum Gasteiger partial charge on any atom is -0.355 e. The van der Waals surface area contributed by atoms with Crippen molar-refractivity contribution >= 4 is 21.7 Å². The van der Waals surface area contributed by atoms with E-state index in [1.54, 1.807) is 6.07 Å². The van der Waals surface area contributed by atoms with Gasteiger partial charge in [-0.1, -0.05) is 22.0 Å². The minimum atomic E-state index is 0.378. The Labute approximate surface area is 120 Å². The largest absolute Gasteiger partial charge is 0.355 e. The van der Waals surface area contributed by atoms with Crippen LogP contribution in [0.3, 0.4) is 0 Å². The van der Waals surface area contributed by atoms with Crippen LogP contribution in [0, 0.1) is 18.3 Å². The van der Waals surface area contributed by atoms with Gasteiger partial charge in [0.1, 0.15) is 23.9 Å². The van der Waals surface area contributed by atoms with Crippen molar-refractivity contribution in [2.75, 3.05) is 11.9 Å². The molecule has 96 valence electrons. The van der Waals surface area contributed by atoms with Gasteiger partial charge in [-0.25, -0.2) is 9.97 Å². The molecule has 0 saturated carbocycles. The van der Waals surface area contributed by atoms with Gasteiger partial charge in [-0.3, -0.25) is 0 Å². The van der Waals surface area contributed by atoms with E-state index in [-0.39, 0.29) is 0 Å². The number of hydrogen-bond acceptors (Lipinski definition) is 4. The monoisotopic (exact) mass is 316 g/mol. The molecule has 2 aromatic rings. The first kappa shape index (κ1) is 13.5. The molecule has 4 nitrogen and oxygen atoms in total. The van der Waals surface area contributed by atoms with Crippen molar-refractivity contribution in [2.24, 2.45) is 0 Å². The van der Waals surface area contributed by atoms with Gasteiger partial charge in [0.05, 0.1) is 0 Å². The molecule has 19 heavy (non-hydrogen) atoms. The number of anilines is 1. The first-order valence-corrected chi connectivity index (χ1v) is 6.58. The van der Waals surface area contributed by atoms with E-state index in [4.69, 9.17) is 5.26 Å². The zero-order chi connectivity index (χ0) is 13.8. The Morgan fingerprint density at radius 2 is 2.11 bits per heavy atom. The summed E-state index contributed by atoms with van der Waals surface area (Å²) < 4.78 is 1.06. The number of benzene rings is 1. The third kappa shape index (κ3) is 3.30. The van der Waals surface area contributed by atoms with Gasteiger partial charge in [-0.05, 0) is 30.2 Å². The molecule has 0 unspecified atom stereocenters. The van der Waals surface area contributed by atoms with Gasteiger partial charge in [0.25, 0.3) is 0 Å². The fourth-order valence-corrected chi connectivity index (χ4v) is 2.17. The highest BCUT2D eigenvalue weighted by molar-refractivity contribution is 9.10. The van der Waals surface area contributed by atoms with Crippen LogP contribution < -0.4 is 4.90 Å². The second-order valence-electron chi connectivity index (χ2n) is 4.30. The summed E-state index contributed by atoms with van der Waals surface area (Å²) in [6.07, 6.45) is 1.41. The number of hydrogen-bond donors (Lipinski definition) is 0. The first-order valence-electron chi connectivity index (χ1n) is 5.78. The third-order valence-corrected chi connectivity index (χ3v) is 3.37. The van der Waals surface area contributed by atoms with Crippen LogP contribution in [0.25, 0.3) is 0 Å².